The van der Waals surface area contributed by atoms with Gasteiger partial charge in [-0.1, -0.05) is 6.92 Å². The second kappa shape index (κ2) is 7.25. The fraction of sp³-hybridized carbons (Fsp3) is 0.294. The highest BCUT2D eigenvalue weighted by Crippen LogP contribution is 2.21. The van der Waals surface area contributed by atoms with E-state index in [0.29, 0.717) is 12.4 Å². The predicted octanol–water partition coefficient (Wildman–Crippen LogP) is 2.64. The molecule has 0 bridgehead atoms. The Balaban J connectivity index is 1.67. The first-order valence-electron chi connectivity index (χ1n) is 8.05. The number of aromatic nitrogens is 5. The van der Waals surface area contributed by atoms with Crippen molar-refractivity contribution in [2.75, 3.05) is 5.32 Å². The van der Waals surface area contributed by atoms with Crippen LogP contribution < -0.4 is 5.32 Å². The lowest BCUT2D eigenvalue weighted by atomic mass is 10.1. The Kier molecular flexibility index (Phi) is 4.87. The molecule has 0 saturated carbocycles. The summed E-state index contributed by atoms with van der Waals surface area (Å²) in [6, 6.07) is 6.11. The van der Waals surface area contributed by atoms with E-state index in [1.807, 2.05) is 13.8 Å². The van der Waals surface area contributed by atoms with Gasteiger partial charge in [-0.25, -0.2) is 4.39 Å². The highest BCUT2D eigenvalue weighted by Gasteiger charge is 2.11. The van der Waals surface area contributed by atoms with Gasteiger partial charge >= 0.3 is 0 Å². The Labute approximate surface area is 144 Å². The van der Waals surface area contributed by atoms with Crippen molar-refractivity contribution in [3.63, 3.8) is 0 Å². The predicted molar refractivity (Wildman–Crippen MR) is 91.3 cm³/mol. The molecule has 1 N–H and O–H groups in total. The van der Waals surface area contributed by atoms with Crippen LogP contribution >= 0.6 is 0 Å². The Hall–Kier alpha value is -3.03. The maximum absolute atomic E-state index is 13.0. The third-order valence-corrected chi connectivity index (χ3v) is 3.60. The van der Waals surface area contributed by atoms with Crippen LogP contribution in [-0.4, -0.2) is 30.7 Å². The van der Waals surface area contributed by atoms with E-state index >= 15 is 0 Å². The maximum atomic E-state index is 13.0. The zero-order valence-corrected chi connectivity index (χ0v) is 14.1. The van der Waals surface area contributed by atoms with Crippen LogP contribution in [0.3, 0.4) is 0 Å². The van der Waals surface area contributed by atoms with Crippen LogP contribution in [0.2, 0.25) is 0 Å². The van der Waals surface area contributed by atoms with E-state index in [1.165, 1.54) is 18.3 Å². The lowest BCUT2D eigenvalue weighted by Gasteiger charge is -2.02. The van der Waals surface area contributed by atoms with E-state index in [4.69, 9.17) is 0 Å². The van der Waals surface area contributed by atoms with Crippen molar-refractivity contribution in [2.24, 2.45) is 0 Å². The number of carbonyl (C=O) groups is 1. The standard InChI is InChI=1S/C17H19FN6O/c1-3-8-24-19-9-15(21-24)20-16(25)11-23-10-12(2)17(22-23)13-4-6-14(18)7-5-13/h4-7,9-10H,3,8,11H2,1-2H3,(H,20,21,25). The van der Waals surface area contributed by atoms with Crippen LogP contribution in [-0.2, 0) is 17.9 Å². The van der Waals surface area contributed by atoms with Crippen molar-refractivity contribution < 1.29 is 9.18 Å². The average molecular weight is 342 g/mol. The smallest absolute Gasteiger partial charge is 0.247 e. The van der Waals surface area contributed by atoms with E-state index in [0.717, 1.165) is 23.2 Å². The van der Waals surface area contributed by atoms with Gasteiger partial charge in [0.05, 0.1) is 18.4 Å². The number of rotatable bonds is 6. The van der Waals surface area contributed by atoms with Gasteiger partial charge in [0.15, 0.2) is 5.82 Å². The van der Waals surface area contributed by atoms with Crippen molar-refractivity contribution in [1.29, 1.82) is 0 Å². The molecule has 2 aromatic heterocycles. The first-order chi connectivity index (χ1) is 12.0. The second-order valence-electron chi connectivity index (χ2n) is 5.74. The van der Waals surface area contributed by atoms with Crippen molar-refractivity contribution in [1.82, 2.24) is 24.8 Å². The molecule has 1 aromatic carbocycles. The summed E-state index contributed by atoms with van der Waals surface area (Å²) in [6.07, 6.45) is 4.22. The molecule has 0 spiro atoms. The molecule has 0 radical (unpaired) electrons. The Morgan fingerprint density at radius 3 is 2.72 bits per heavy atom. The van der Waals surface area contributed by atoms with Gasteiger partial charge < -0.3 is 5.32 Å². The van der Waals surface area contributed by atoms with Crippen LogP contribution in [0.4, 0.5) is 10.2 Å². The van der Waals surface area contributed by atoms with E-state index in [9.17, 15) is 9.18 Å². The summed E-state index contributed by atoms with van der Waals surface area (Å²) in [5, 5.41) is 15.4. The van der Waals surface area contributed by atoms with Crippen molar-refractivity contribution in [3.05, 3.63) is 48.0 Å². The number of amides is 1. The summed E-state index contributed by atoms with van der Waals surface area (Å²) in [6.45, 7) is 4.69. The minimum atomic E-state index is -0.295. The number of aryl methyl sites for hydroxylation is 2. The second-order valence-corrected chi connectivity index (χ2v) is 5.74. The molecular weight excluding hydrogens is 323 g/mol. The first-order valence-corrected chi connectivity index (χ1v) is 8.05. The van der Waals surface area contributed by atoms with Gasteiger partial charge in [0, 0.05) is 11.8 Å². The molecule has 0 fully saturated rings. The van der Waals surface area contributed by atoms with Crippen LogP contribution in [0.5, 0.6) is 0 Å². The normalized spacial score (nSPS) is 10.8. The van der Waals surface area contributed by atoms with Crippen molar-refractivity contribution >= 4 is 11.7 Å². The number of hydrogen-bond donors (Lipinski definition) is 1. The van der Waals surface area contributed by atoms with E-state index in [2.05, 4.69) is 20.6 Å². The molecule has 3 aromatic rings. The Bertz CT molecular complexity index is 868. The highest BCUT2D eigenvalue weighted by atomic mass is 19.1. The van der Waals surface area contributed by atoms with Gasteiger partial charge in [-0.15, -0.1) is 5.10 Å². The molecule has 3 rings (SSSR count). The van der Waals surface area contributed by atoms with Crippen molar-refractivity contribution in [3.8, 4) is 11.3 Å². The van der Waals surface area contributed by atoms with Gasteiger partial charge in [-0.05, 0) is 43.2 Å². The number of nitrogens with zero attached hydrogens (tertiary/aromatic N) is 5. The first kappa shape index (κ1) is 16.8. The lowest BCUT2D eigenvalue weighted by Crippen LogP contribution is -2.19. The summed E-state index contributed by atoms with van der Waals surface area (Å²) in [7, 11) is 0. The van der Waals surface area contributed by atoms with E-state index in [1.54, 1.807) is 27.8 Å². The molecular formula is C17H19FN6O. The van der Waals surface area contributed by atoms with Gasteiger partial charge in [-0.3, -0.25) is 9.48 Å². The summed E-state index contributed by atoms with van der Waals surface area (Å²) in [5.41, 5.74) is 2.44. The zero-order chi connectivity index (χ0) is 17.8. The minimum Gasteiger partial charge on any atom is -0.306 e. The molecule has 0 atom stereocenters. The molecule has 0 saturated heterocycles. The molecule has 0 aliphatic rings. The zero-order valence-electron chi connectivity index (χ0n) is 14.1. The number of benzene rings is 1. The number of halogens is 1. The van der Waals surface area contributed by atoms with E-state index < -0.39 is 0 Å². The van der Waals surface area contributed by atoms with Gasteiger partial charge in [-0.2, -0.15) is 15.0 Å². The quantitative estimate of drug-likeness (QED) is 0.747. The fourth-order valence-corrected chi connectivity index (χ4v) is 2.49. The average Bonchev–Trinajstić information content (AvgIpc) is 3.15. The molecule has 130 valence electrons. The Morgan fingerprint density at radius 1 is 1.24 bits per heavy atom. The number of anilines is 1. The summed E-state index contributed by atoms with van der Waals surface area (Å²) >= 11 is 0. The molecule has 1 amide bonds. The lowest BCUT2D eigenvalue weighted by molar-refractivity contribution is -0.116. The molecule has 0 aliphatic heterocycles. The van der Waals surface area contributed by atoms with Gasteiger partial charge in [0.25, 0.3) is 0 Å². The molecule has 7 nitrogen and oxygen atoms in total. The largest absolute Gasteiger partial charge is 0.306 e. The number of carbonyl (C=O) groups excluding carboxylic acids is 1. The molecule has 0 aliphatic carbocycles. The molecule has 0 unspecified atom stereocenters. The summed E-state index contributed by atoms with van der Waals surface area (Å²) in [5.74, 6) is -0.117. The van der Waals surface area contributed by atoms with Crippen LogP contribution in [0.1, 0.15) is 18.9 Å². The fourth-order valence-electron chi connectivity index (χ4n) is 2.49. The minimum absolute atomic E-state index is 0.0582. The van der Waals surface area contributed by atoms with E-state index in [-0.39, 0.29) is 18.3 Å². The molecule has 2 heterocycles. The van der Waals surface area contributed by atoms with Gasteiger partial charge in [0.2, 0.25) is 5.91 Å². The Morgan fingerprint density at radius 2 is 2.00 bits per heavy atom. The monoisotopic (exact) mass is 342 g/mol. The van der Waals surface area contributed by atoms with Gasteiger partial charge in [0.1, 0.15) is 12.4 Å². The summed E-state index contributed by atoms with van der Waals surface area (Å²) < 4.78 is 14.6. The number of hydrogen-bond acceptors (Lipinski definition) is 4. The topological polar surface area (TPSA) is 77.6 Å². The maximum Gasteiger partial charge on any atom is 0.247 e. The van der Waals surface area contributed by atoms with Crippen LogP contribution in [0.25, 0.3) is 11.3 Å². The third kappa shape index (κ3) is 4.09. The SMILES string of the molecule is CCCn1ncc(NC(=O)Cn2cc(C)c(-c3ccc(F)cc3)n2)n1. The van der Waals surface area contributed by atoms with Crippen LogP contribution in [0, 0.1) is 12.7 Å². The summed E-state index contributed by atoms with van der Waals surface area (Å²) in [4.78, 5) is 13.7. The van der Waals surface area contributed by atoms with Crippen molar-refractivity contribution in [2.45, 2.75) is 33.4 Å². The third-order valence-electron chi connectivity index (χ3n) is 3.60. The number of nitrogens with one attached hydrogen (secondary N) is 1. The highest BCUT2D eigenvalue weighted by molar-refractivity contribution is 5.89. The van der Waals surface area contributed by atoms with Crippen LogP contribution in [0.15, 0.2) is 36.7 Å². The molecule has 25 heavy (non-hydrogen) atoms. The molecule has 8 heteroatoms.